The minimum Gasteiger partial charge on any atom is -0.495 e. The number of aryl methyl sites for hydroxylation is 1. The third kappa shape index (κ3) is 3.52. The van der Waals surface area contributed by atoms with Crippen LogP contribution in [0.1, 0.15) is 29.0 Å². The molecule has 1 aliphatic carbocycles. The Balaban J connectivity index is 1.41. The molecule has 0 aliphatic heterocycles. The van der Waals surface area contributed by atoms with E-state index in [0.717, 1.165) is 17.4 Å². The van der Waals surface area contributed by atoms with Crippen LogP contribution < -0.4 is 15.6 Å². The van der Waals surface area contributed by atoms with Crippen LogP contribution in [-0.4, -0.2) is 24.5 Å². The van der Waals surface area contributed by atoms with Crippen LogP contribution in [0.3, 0.4) is 0 Å². The lowest BCUT2D eigenvalue weighted by molar-refractivity contribution is -0.122. The zero-order valence-corrected chi connectivity index (χ0v) is 16.1. The third-order valence-electron chi connectivity index (χ3n) is 5.54. The molecule has 1 saturated carbocycles. The first kappa shape index (κ1) is 18.3. The van der Waals surface area contributed by atoms with Crippen LogP contribution in [0.2, 0.25) is 0 Å². The molecule has 1 amide bonds. The highest BCUT2D eigenvalue weighted by molar-refractivity contribution is 5.87. The first-order chi connectivity index (χ1) is 13.6. The Hall–Kier alpha value is -3.08. The lowest BCUT2D eigenvalue weighted by Gasteiger charge is -2.10. The van der Waals surface area contributed by atoms with Gasteiger partial charge in [0.25, 0.3) is 5.56 Å². The summed E-state index contributed by atoms with van der Waals surface area (Å²) in [5.74, 6) is 1.09. The quantitative estimate of drug-likeness (QED) is 0.693. The largest absolute Gasteiger partial charge is 0.495 e. The van der Waals surface area contributed by atoms with Crippen molar-refractivity contribution in [3.63, 3.8) is 0 Å². The first-order valence-corrected chi connectivity index (χ1v) is 9.60. The van der Waals surface area contributed by atoms with E-state index in [2.05, 4.69) is 22.4 Å². The minimum absolute atomic E-state index is 0.0452. The number of pyridine rings is 1. The first-order valence-electron chi connectivity index (χ1n) is 9.60. The average molecular weight is 376 g/mol. The van der Waals surface area contributed by atoms with Crippen molar-refractivity contribution in [3.8, 4) is 5.75 Å². The van der Waals surface area contributed by atoms with E-state index < -0.39 is 0 Å². The number of benzene rings is 2. The predicted octanol–water partition coefficient (Wildman–Crippen LogP) is 3.31. The Morgan fingerprint density at radius 2 is 2.00 bits per heavy atom. The summed E-state index contributed by atoms with van der Waals surface area (Å²) in [6.45, 7) is 2.46. The van der Waals surface area contributed by atoms with Crippen molar-refractivity contribution in [2.75, 3.05) is 13.7 Å². The van der Waals surface area contributed by atoms with E-state index in [9.17, 15) is 9.59 Å². The SMILES string of the molecule is COc1ccc(C)c2cc(CCNC(=O)C3CC3c3ccccc3)c(=O)[nH]c12. The number of rotatable bonds is 6. The third-order valence-corrected chi connectivity index (χ3v) is 5.54. The van der Waals surface area contributed by atoms with Crippen LogP contribution in [0.4, 0.5) is 0 Å². The molecule has 2 atom stereocenters. The van der Waals surface area contributed by atoms with E-state index >= 15 is 0 Å². The Bertz CT molecular complexity index is 1070. The van der Waals surface area contributed by atoms with Crippen molar-refractivity contribution >= 4 is 16.8 Å². The van der Waals surface area contributed by atoms with Gasteiger partial charge in [-0.2, -0.15) is 0 Å². The summed E-state index contributed by atoms with van der Waals surface area (Å²) in [5, 5.41) is 3.95. The van der Waals surface area contributed by atoms with E-state index in [1.165, 1.54) is 5.56 Å². The molecule has 4 rings (SSSR count). The molecule has 1 aromatic heterocycles. The fourth-order valence-electron chi connectivity index (χ4n) is 3.81. The smallest absolute Gasteiger partial charge is 0.251 e. The number of nitrogens with one attached hydrogen (secondary N) is 2. The summed E-state index contributed by atoms with van der Waals surface area (Å²) < 4.78 is 5.34. The van der Waals surface area contributed by atoms with Crippen molar-refractivity contribution < 1.29 is 9.53 Å². The number of aromatic nitrogens is 1. The summed E-state index contributed by atoms with van der Waals surface area (Å²) in [5.41, 5.74) is 3.53. The molecule has 5 heteroatoms. The summed E-state index contributed by atoms with van der Waals surface area (Å²) in [6.07, 6.45) is 1.39. The molecule has 0 spiro atoms. The van der Waals surface area contributed by atoms with Gasteiger partial charge in [0.2, 0.25) is 5.91 Å². The lowest BCUT2D eigenvalue weighted by atomic mass is 10.1. The van der Waals surface area contributed by atoms with Crippen LogP contribution in [-0.2, 0) is 11.2 Å². The van der Waals surface area contributed by atoms with Gasteiger partial charge in [-0.3, -0.25) is 9.59 Å². The van der Waals surface area contributed by atoms with Gasteiger partial charge < -0.3 is 15.0 Å². The van der Waals surface area contributed by atoms with Gasteiger partial charge in [-0.1, -0.05) is 36.4 Å². The monoisotopic (exact) mass is 376 g/mol. The maximum absolute atomic E-state index is 12.4. The van der Waals surface area contributed by atoms with E-state index in [0.29, 0.717) is 35.7 Å². The van der Waals surface area contributed by atoms with Crippen molar-refractivity contribution in [1.82, 2.24) is 10.3 Å². The van der Waals surface area contributed by atoms with E-state index in [1.807, 2.05) is 43.3 Å². The Morgan fingerprint density at radius 3 is 2.75 bits per heavy atom. The molecule has 2 unspecified atom stereocenters. The van der Waals surface area contributed by atoms with Crippen LogP contribution in [0.5, 0.6) is 5.75 Å². The lowest BCUT2D eigenvalue weighted by Crippen LogP contribution is -2.29. The number of H-pyrrole nitrogens is 1. The van der Waals surface area contributed by atoms with Crippen LogP contribution in [0, 0.1) is 12.8 Å². The predicted molar refractivity (Wildman–Crippen MR) is 110 cm³/mol. The van der Waals surface area contributed by atoms with Gasteiger partial charge in [-0.25, -0.2) is 0 Å². The van der Waals surface area contributed by atoms with Gasteiger partial charge in [-0.15, -0.1) is 0 Å². The van der Waals surface area contributed by atoms with E-state index in [4.69, 9.17) is 4.74 Å². The minimum atomic E-state index is -0.140. The molecular formula is C23H24N2O3. The molecule has 2 N–H and O–H groups in total. The number of aromatic amines is 1. The maximum atomic E-state index is 12.4. The van der Waals surface area contributed by atoms with Gasteiger partial charge in [0.1, 0.15) is 5.75 Å². The summed E-state index contributed by atoms with van der Waals surface area (Å²) in [6, 6.07) is 15.9. The molecule has 0 saturated heterocycles. The van der Waals surface area contributed by atoms with Gasteiger partial charge in [0.15, 0.2) is 0 Å². The second-order valence-electron chi connectivity index (χ2n) is 7.40. The van der Waals surface area contributed by atoms with Crippen LogP contribution >= 0.6 is 0 Å². The zero-order valence-electron chi connectivity index (χ0n) is 16.1. The number of fused-ring (bicyclic) bond motifs is 1. The van der Waals surface area contributed by atoms with Gasteiger partial charge in [0.05, 0.1) is 12.6 Å². The highest BCUT2D eigenvalue weighted by Crippen LogP contribution is 2.47. The highest BCUT2D eigenvalue weighted by Gasteiger charge is 2.43. The van der Waals surface area contributed by atoms with Crippen molar-refractivity contribution in [3.05, 3.63) is 75.6 Å². The Morgan fingerprint density at radius 1 is 1.21 bits per heavy atom. The molecule has 28 heavy (non-hydrogen) atoms. The molecule has 5 nitrogen and oxygen atoms in total. The number of carbonyl (C=O) groups is 1. The van der Waals surface area contributed by atoms with E-state index in [1.54, 1.807) is 7.11 Å². The molecule has 1 fully saturated rings. The van der Waals surface area contributed by atoms with Gasteiger partial charge in [0, 0.05) is 23.4 Å². The van der Waals surface area contributed by atoms with Crippen LogP contribution in [0.15, 0.2) is 53.3 Å². The topological polar surface area (TPSA) is 71.2 Å². The number of carbonyl (C=O) groups excluding carboxylic acids is 1. The van der Waals surface area contributed by atoms with Crippen LogP contribution in [0.25, 0.3) is 10.9 Å². The fraction of sp³-hybridized carbons (Fsp3) is 0.304. The van der Waals surface area contributed by atoms with Crippen molar-refractivity contribution in [1.29, 1.82) is 0 Å². The summed E-state index contributed by atoms with van der Waals surface area (Å²) in [7, 11) is 1.59. The second kappa shape index (κ2) is 7.50. The number of ether oxygens (including phenoxy) is 1. The number of hydrogen-bond donors (Lipinski definition) is 2. The second-order valence-corrected chi connectivity index (χ2v) is 7.40. The van der Waals surface area contributed by atoms with E-state index in [-0.39, 0.29) is 17.4 Å². The summed E-state index contributed by atoms with van der Waals surface area (Å²) >= 11 is 0. The molecule has 2 aromatic carbocycles. The normalized spacial score (nSPS) is 18.1. The molecule has 144 valence electrons. The highest BCUT2D eigenvalue weighted by atomic mass is 16.5. The molecule has 0 bridgehead atoms. The molecular weight excluding hydrogens is 352 g/mol. The Labute approximate surface area is 163 Å². The molecule has 1 aliphatic rings. The molecule has 0 radical (unpaired) electrons. The maximum Gasteiger partial charge on any atom is 0.251 e. The molecule has 1 heterocycles. The number of hydrogen-bond acceptors (Lipinski definition) is 3. The van der Waals surface area contributed by atoms with Gasteiger partial charge in [-0.05, 0) is 48.9 Å². The fourth-order valence-corrected chi connectivity index (χ4v) is 3.81. The number of amides is 1. The number of methoxy groups -OCH3 is 1. The zero-order chi connectivity index (χ0) is 19.7. The van der Waals surface area contributed by atoms with Crippen molar-refractivity contribution in [2.24, 2.45) is 5.92 Å². The summed E-state index contributed by atoms with van der Waals surface area (Å²) in [4.78, 5) is 27.8. The molecule has 3 aromatic rings. The van der Waals surface area contributed by atoms with Crippen molar-refractivity contribution in [2.45, 2.75) is 25.7 Å². The van der Waals surface area contributed by atoms with Gasteiger partial charge >= 0.3 is 0 Å². The standard InChI is InChI=1S/C23H24N2O3/c1-14-8-9-20(28-2)21-17(14)12-16(22(26)25-21)10-11-24-23(27)19-13-18(19)15-6-4-3-5-7-15/h3-9,12,18-19H,10-11,13H2,1-2H3,(H,24,27)(H,25,26). The average Bonchev–Trinajstić information content (AvgIpc) is 3.51. The Kier molecular flexibility index (Phi) is 4.90.